The van der Waals surface area contributed by atoms with Crippen molar-refractivity contribution in [3.05, 3.63) is 30.3 Å². The van der Waals surface area contributed by atoms with Crippen molar-refractivity contribution in [2.75, 3.05) is 19.8 Å². The lowest BCUT2D eigenvalue weighted by Crippen LogP contribution is -2.48. The Morgan fingerprint density at radius 1 is 1.31 bits per heavy atom. The third-order valence-electron chi connectivity index (χ3n) is 2.64. The molecule has 0 unspecified atom stereocenters. The lowest BCUT2D eigenvalue weighted by atomic mass is 9.89. The molecule has 0 spiro atoms. The standard InChI is InChI=1S/C11H15NO3S/c1-11(8-15-9-11)7-12-16(13,14)10-5-3-2-4-6-10/h2-6,12H,7-9H2,1H3. The number of benzene rings is 1. The zero-order valence-electron chi connectivity index (χ0n) is 9.14. The van der Waals surface area contributed by atoms with Gasteiger partial charge in [0.25, 0.3) is 0 Å². The predicted octanol–water partition coefficient (Wildman–Crippen LogP) is 1.00. The highest BCUT2D eigenvalue weighted by molar-refractivity contribution is 7.89. The average molecular weight is 241 g/mol. The fourth-order valence-corrected chi connectivity index (χ4v) is 2.73. The second-order valence-electron chi connectivity index (χ2n) is 4.44. The minimum Gasteiger partial charge on any atom is -0.380 e. The normalized spacial score (nSPS) is 19.1. The van der Waals surface area contributed by atoms with E-state index < -0.39 is 10.0 Å². The molecule has 0 bridgehead atoms. The third kappa shape index (κ3) is 2.42. The third-order valence-corrected chi connectivity index (χ3v) is 4.06. The highest BCUT2D eigenvalue weighted by Gasteiger charge is 2.34. The maximum Gasteiger partial charge on any atom is 0.240 e. The molecule has 1 N–H and O–H groups in total. The second-order valence-corrected chi connectivity index (χ2v) is 6.21. The predicted molar refractivity (Wildman–Crippen MR) is 60.6 cm³/mol. The van der Waals surface area contributed by atoms with Crippen LogP contribution in [0.5, 0.6) is 0 Å². The zero-order valence-corrected chi connectivity index (χ0v) is 9.96. The molecule has 1 aliphatic rings. The molecule has 1 aromatic carbocycles. The lowest BCUT2D eigenvalue weighted by Gasteiger charge is -2.37. The first-order valence-electron chi connectivity index (χ1n) is 5.14. The highest BCUT2D eigenvalue weighted by atomic mass is 32.2. The van der Waals surface area contributed by atoms with Gasteiger partial charge >= 0.3 is 0 Å². The van der Waals surface area contributed by atoms with Crippen molar-refractivity contribution in [1.29, 1.82) is 0 Å². The highest BCUT2D eigenvalue weighted by Crippen LogP contribution is 2.25. The quantitative estimate of drug-likeness (QED) is 0.855. The Morgan fingerprint density at radius 2 is 1.94 bits per heavy atom. The van der Waals surface area contributed by atoms with Crippen molar-refractivity contribution < 1.29 is 13.2 Å². The van der Waals surface area contributed by atoms with E-state index in [0.717, 1.165) is 0 Å². The number of rotatable bonds is 4. The Bertz CT molecular complexity index is 451. The molecule has 4 nitrogen and oxygen atoms in total. The Morgan fingerprint density at radius 3 is 2.44 bits per heavy atom. The van der Waals surface area contributed by atoms with Gasteiger partial charge in [-0.1, -0.05) is 25.1 Å². The summed E-state index contributed by atoms with van der Waals surface area (Å²) in [5, 5.41) is 0. The van der Waals surface area contributed by atoms with Crippen LogP contribution in [0.15, 0.2) is 35.2 Å². The zero-order chi connectivity index (χ0) is 11.6. The van der Waals surface area contributed by atoms with Crippen molar-refractivity contribution in [3.8, 4) is 0 Å². The van der Waals surface area contributed by atoms with Crippen LogP contribution in [0.1, 0.15) is 6.92 Å². The minimum absolute atomic E-state index is 0.0537. The van der Waals surface area contributed by atoms with Crippen molar-refractivity contribution >= 4 is 10.0 Å². The number of ether oxygens (including phenoxy) is 1. The van der Waals surface area contributed by atoms with E-state index in [4.69, 9.17) is 4.74 Å². The number of hydrogen-bond acceptors (Lipinski definition) is 3. The van der Waals surface area contributed by atoms with Gasteiger partial charge in [0.1, 0.15) is 0 Å². The summed E-state index contributed by atoms with van der Waals surface area (Å²) in [4.78, 5) is 0.304. The van der Waals surface area contributed by atoms with E-state index in [9.17, 15) is 8.42 Å². The Hall–Kier alpha value is -0.910. The largest absolute Gasteiger partial charge is 0.380 e. The summed E-state index contributed by atoms with van der Waals surface area (Å²) >= 11 is 0. The maximum absolute atomic E-state index is 11.9. The summed E-state index contributed by atoms with van der Waals surface area (Å²) in [6, 6.07) is 8.38. The average Bonchev–Trinajstić information content (AvgIpc) is 2.25. The molecule has 2 rings (SSSR count). The summed E-state index contributed by atoms with van der Waals surface area (Å²) in [6.07, 6.45) is 0. The summed E-state index contributed by atoms with van der Waals surface area (Å²) in [5.74, 6) is 0. The smallest absolute Gasteiger partial charge is 0.240 e. The molecular weight excluding hydrogens is 226 g/mol. The lowest BCUT2D eigenvalue weighted by molar-refractivity contribution is -0.0965. The molecule has 0 saturated carbocycles. The van der Waals surface area contributed by atoms with Crippen LogP contribution < -0.4 is 4.72 Å². The van der Waals surface area contributed by atoms with Crippen LogP contribution in [0.4, 0.5) is 0 Å². The molecule has 1 saturated heterocycles. The van der Waals surface area contributed by atoms with Crippen LogP contribution >= 0.6 is 0 Å². The summed E-state index contributed by atoms with van der Waals surface area (Å²) in [5.41, 5.74) is -0.0537. The topological polar surface area (TPSA) is 55.4 Å². The molecule has 0 amide bonds. The minimum atomic E-state index is -3.38. The molecule has 1 heterocycles. The second kappa shape index (κ2) is 4.16. The Labute approximate surface area is 95.7 Å². The first-order chi connectivity index (χ1) is 7.52. The molecule has 16 heavy (non-hydrogen) atoms. The van der Waals surface area contributed by atoms with Crippen LogP contribution in [0.2, 0.25) is 0 Å². The van der Waals surface area contributed by atoms with Crippen LogP contribution in [-0.2, 0) is 14.8 Å². The molecule has 0 aliphatic carbocycles. The maximum atomic E-state index is 11.9. The van der Waals surface area contributed by atoms with Crippen molar-refractivity contribution in [3.63, 3.8) is 0 Å². The van der Waals surface area contributed by atoms with E-state index in [1.54, 1.807) is 30.3 Å². The molecule has 1 aromatic rings. The Balaban J connectivity index is 2.04. The van der Waals surface area contributed by atoms with Gasteiger partial charge in [0, 0.05) is 12.0 Å². The van der Waals surface area contributed by atoms with Crippen molar-refractivity contribution in [1.82, 2.24) is 4.72 Å². The van der Waals surface area contributed by atoms with E-state index in [2.05, 4.69) is 4.72 Å². The van der Waals surface area contributed by atoms with Gasteiger partial charge in [0.15, 0.2) is 0 Å². The first-order valence-corrected chi connectivity index (χ1v) is 6.63. The molecule has 1 fully saturated rings. The molecule has 0 radical (unpaired) electrons. The SMILES string of the molecule is CC1(CNS(=O)(=O)c2ccccc2)COC1. The number of sulfonamides is 1. The molecule has 1 aliphatic heterocycles. The molecule has 0 atom stereocenters. The van der Waals surface area contributed by atoms with Gasteiger partial charge in [-0.2, -0.15) is 0 Å². The molecule has 88 valence electrons. The number of hydrogen-bond donors (Lipinski definition) is 1. The van der Waals surface area contributed by atoms with Gasteiger partial charge in [0.2, 0.25) is 10.0 Å². The van der Waals surface area contributed by atoms with Crippen LogP contribution in [0, 0.1) is 5.41 Å². The van der Waals surface area contributed by atoms with Crippen molar-refractivity contribution in [2.24, 2.45) is 5.41 Å². The summed E-state index contributed by atoms with van der Waals surface area (Å²) < 4.78 is 31.4. The van der Waals surface area contributed by atoms with E-state index in [0.29, 0.717) is 24.7 Å². The number of nitrogens with one attached hydrogen (secondary N) is 1. The van der Waals surface area contributed by atoms with Gasteiger partial charge in [-0.3, -0.25) is 0 Å². The molecule has 5 heteroatoms. The fourth-order valence-electron chi connectivity index (χ4n) is 1.50. The van der Waals surface area contributed by atoms with E-state index >= 15 is 0 Å². The van der Waals surface area contributed by atoms with E-state index in [-0.39, 0.29) is 5.41 Å². The molecular formula is C11H15NO3S. The van der Waals surface area contributed by atoms with Crippen LogP contribution in [-0.4, -0.2) is 28.2 Å². The fraction of sp³-hybridized carbons (Fsp3) is 0.455. The van der Waals surface area contributed by atoms with Gasteiger partial charge in [-0.25, -0.2) is 13.1 Å². The van der Waals surface area contributed by atoms with Gasteiger partial charge in [-0.05, 0) is 12.1 Å². The van der Waals surface area contributed by atoms with Crippen molar-refractivity contribution in [2.45, 2.75) is 11.8 Å². The summed E-state index contributed by atoms with van der Waals surface area (Å²) in [6.45, 7) is 3.66. The first kappa shape index (κ1) is 11.6. The monoisotopic (exact) mass is 241 g/mol. The van der Waals surface area contributed by atoms with Crippen LogP contribution in [0.25, 0.3) is 0 Å². The van der Waals surface area contributed by atoms with Crippen LogP contribution in [0.3, 0.4) is 0 Å². The van der Waals surface area contributed by atoms with E-state index in [1.807, 2.05) is 6.92 Å². The van der Waals surface area contributed by atoms with Gasteiger partial charge in [0.05, 0.1) is 18.1 Å². The van der Waals surface area contributed by atoms with Gasteiger partial charge < -0.3 is 4.74 Å². The van der Waals surface area contributed by atoms with E-state index in [1.165, 1.54) is 0 Å². The van der Waals surface area contributed by atoms with Gasteiger partial charge in [-0.15, -0.1) is 0 Å². The molecule has 0 aromatic heterocycles. The summed E-state index contributed by atoms with van der Waals surface area (Å²) in [7, 11) is -3.38. The Kier molecular flexibility index (Phi) is 3.01.